The van der Waals surface area contributed by atoms with Crippen molar-refractivity contribution in [2.75, 3.05) is 6.61 Å². The van der Waals surface area contributed by atoms with E-state index < -0.39 is 12.4 Å². The molecule has 122 valence electrons. The summed E-state index contributed by atoms with van der Waals surface area (Å²) in [5.74, 6) is 0.829. The second kappa shape index (κ2) is 6.01. The van der Waals surface area contributed by atoms with Crippen LogP contribution in [0.15, 0.2) is 36.8 Å². The fourth-order valence-electron chi connectivity index (χ4n) is 3.38. The van der Waals surface area contributed by atoms with Crippen LogP contribution in [0, 0.1) is 6.92 Å². The molecule has 7 heteroatoms. The average Bonchev–Trinajstić information content (AvgIpc) is 3.17. The normalized spacial score (nSPS) is 33.0. The first-order valence-corrected chi connectivity index (χ1v) is 7.82. The second-order valence-electron chi connectivity index (χ2n) is 5.97. The maximum atomic E-state index is 10.9. The van der Waals surface area contributed by atoms with Gasteiger partial charge in [0.05, 0.1) is 24.4 Å². The number of aliphatic hydroxyl groups is 1. The number of rotatable bonds is 4. The molecule has 0 spiro atoms. The summed E-state index contributed by atoms with van der Waals surface area (Å²) in [4.78, 5) is 8.54. The average molecular weight is 316 g/mol. The standard InChI is InChI=1S/C16H20N4O3/c1-10-17-6-7-20(10)14-15(21)13(12-9-22-16(14)23-12)19-8-11-4-2-3-5-18-11/h2-7,12-16,19,21H,8-9H2,1H3. The topological polar surface area (TPSA) is 81.4 Å². The van der Waals surface area contributed by atoms with Gasteiger partial charge in [-0.3, -0.25) is 4.98 Å². The Kier molecular flexibility index (Phi) is 3.86. The Morgan fingerprint density at radius 3 is 3.00 bits per heavy atom. The van der Waals surface area contributed by atoms with Gasteiger partial charge in [0.1, 0.15) is 18.0 Å². The Labute approximate surface area is 134 Å². The molecule has 2 bridgehead atoms. The fourth-order valence-corrected chi connectivity index (χ4v) is 3.38. The minimum Gasteiger partial charge on any atom is -0.389 e. The Hall–Kier alpha value is -1.80. The quantitative estimate of drug-likeness (QED) is 0.850. The Balaban J connectivity index is 1.54. The van der Waals surface area contributed by atoms with E-state index in [1.54, 1.807) is 12.4 Å². The van der Waals surface area contributed by atoms with Crippen molar-refractivity contribution >= 4 is 0 Å². The molecule has 2 aromatic rings. The van der Waals surface area contributed by atoms with Crippen LogP contribution in [0.25, 0.3) is 0 Å². The predicted octanol–water partition coefficient (Wildman–Crippen LogP) is 0.402. The number of nitrogens with one attached hydrogen (secondary N) is 1. The number of ether oxygens (including phenoxy) is 2. The van der Waals surface area contributed by atoms with E-state index in [4.69, 9.17) is 9.47 Å². The number of hydrogen-bond donors (Lipinski definition) is 2. The summed E-state index contributed by atoms with van der Waals surface area (Å²) >= 11 is 0. The molecule has 4 heterocycles. The number of fused-ring (bicyclic) bond motifs is 2. The molecule has 4 rings (SSSR count). The molecule has 2 aromatic heterocycles. The first-order chi connectivity index (χ1) is 11.2. The molecule has 0 radical (unpaired) electrons. The number of aliphatic hydroxyl groups excluding tert-OH is 1. The lowest BCUT2D eigenvalue weighted by molar-refractivity contribution is -0.166. The number of aryl methyl sites for hydroxylation is 1. The van der Waals surface area contributed by atoms with Crippen molar-refractivity contribution in [1.29, 1.82) is 0 Å². The molecule has 5 unspecified atom stereocenters. The van der Waals surface area contributed by atoms with Crippen LogP contribution in [-0.2, 0) is 16.0 Å². The smallest absolute Gasteiger partial charge is 0.181 e. The van der Waals surface area contributed by atoms with E-state index in [0.717, 1.165) is 11.5 Å². The number of nitrogens with zero attached hydrogens (tertiary/aromatic N) is 3. The summed E-state index contributed by atoms with van der Waals surface area (Å²) in [7, 11) is 0. The lowest BCUT2D eigenvalue weighted by atomic mass is 9.95. The zero-order valence-corrected chi connectivity index (χ0v) is 12.9. The number of aromatic nitrogens is 3. The zero-order chi connectivity index (χ0) is 15.8. The van der Waals surface area contributed by atoms with Crippen molar-refractivity contribution in [2.24, 2.45) is 0 Å². The molecular weight excluding hydrogens is 296 g/mol. The van der Waals surface area contributed by atoms with Gasteiger partial charge in [0.25, 0.3) is 0 Å². The third kappa shape index (κ3) is 2.66. The van der Waals surface area contributed by atoms with E-state index in [9.17, 15) is 5.11 Å². The Bertz CT molecular complexity index is 662. The fraction of sp³-hybridized carbons (Fsp3) is 0.500. The van der Waals surface area contributed by atoms with Gasteiger partial charge in [0.15, 0.2) is 6.29 Å². The largest absolute Gasteiger partial charge is 0.389 e. The van der Waals surface area contributed by atoms with Crippen LogP contribution in [0.5, 0.6) is 0 Å². The summed E-state index contributed by atoms with van der Waals surface area (Å²) in [5, 5.41) is 14.3. The highest BCUT2D eigenvalue weighted by Crippen LogP contribution is 2.36. The molecule has 5 atom stereocenters. The monoisotopic (exact) mass is 316 g/mol. The minimum atomic E-state index is -0.627. The molecular formula is C16H20N4O3. The third-order valence-electron chi connectivity index (χ3n) is 4.56. The van der Waals surface area contributed by atoms with Gasteiger partial charge >= 0.3 is 0 Å². The van der Waals surface area contributed by atoms with Crippen LogP contribution in [0.3, 0.4) is 0 Å². The van der Waals surface area contributed by atoms with Crippen molar-refractivity contribution in [1.82, 2.24) is 19.9 Å². The van der Waals surface area contributed by atoms with Gasteiger partial charge in [-0.25, -0.2) is 4.98 Å². The lowest BCUT2D eigenvalue weighted by Gasteiger charge is -2.39. The maximum absolute atomic E-state index is 10.9. The first kappa shape index (κ1) is 14.8. The van der Waals surface area contributed by atoms with Gasteiger partial charge in [0, 0.05) is 25.1 Å². The predicted molar refractivity (Wildman–Crippen MR) is 81.5 cm³/mol. The first-order valence-electron chi connectivity index (χ1n) is 7.82. The lowest BCUT2D eigenvalue weighted by Crippen LogP contribution is -2.57. The molecule has 2 aliphatic heterocycles. The maximum Gasteiger partial charge on any atom is 0.181 e. The van der Waals surface area contributed by atoms with E-state index in [1.807, 2.05) is 35.9 Å². The molecule has 0 saturated carbocycles. The van der Waals surface area contributed by atoms with E-state index in [0.29, 0.717) is 13.2 Å². The van der Waals surface area contributed by atoms with Gasteiger partial charge in [-0.05, 0) is 19.1 Å². The van der Waals surface area contributed by atoms with Crippen LogP contribution < -0.4 is 5.32 Å². The third-order valence-corrected chi connectivity index (χ3v) is 4.56. The molecule has 2 fully saturated rings. The molecule has 0 amide bonds. The number of hydrogen-bond acceptors (Lipinski definition) is 6. The van der Waals surface area contributed by atoms with E-state index in [1.165, 1.54) is 0 Å². The van der Waals surface area contributed by atoms with Crippen molar-refractivity contribution in [3.8, 4) is 0 Å². The van der Waals surface area contributed by atoms with Gasteiger partial charge in [-0.1, -0.05) is 6.07 Å². The summed E-state index contributed by atoms with van der Waals surface area (Å²) in [6, 6.07) is 5.26. The van der Waals surface area contributed by atoms with E-state index in [-0.39, 0.29) is 18.2 Å². The van der Waals surface area contributed by atoms with Crippen molar-refractivity contribution in [3.05, 3.63) is 48.3 Å². The SMILES string of the molecule is Cc1nccn1C1C2OCC(O2)C(NCc2ccccn2)C1O. The summed E-state index contributed by atoms with van der Waals surface area (Å²) < 4.78 is 13.6. The molecule has 2 aliphatic rings. The van der Waals surface area contributed by atoms with Gasteiger partial charge in [0.2, 0.25) is 0 Å². The highest BCUT2D eigenvalue weighted by molar-refractivity contribution is 5.07. The second-order valence-corrected chi connectivity index (χ2v) is 5.97. The Morgan fingerprint density at radius 1 is 1.35 bits per heavy atom. The minimum absolute atomic E-state index is 0.154. The van der Waals surface area contributed by atoms with Gasteiger partial charge in [-0.2, -0.15) is 0 Å². The number of imidazole rings is 1. The van der Waals surface area contributed by atoms with Crippen LogP contribution in [-0.4, -0.2) is 50.8 Å². The zero-order valence-electron chi connectivity index (χ0n) is 12.9. The van der Waals surface area contributed by atoms with Crippen molar-refractivity contribution in [2.45, 2.75) is 44.1 Å². The van der Waals surface area contributed by atoms with Crippen molar-refractivity contribution in [3.63, 3.8) is 0 Å². The summed E-state index contributed by atoms with van der Waals surface area (Å²) in [6.45, 7) is 2.96. The van der Waals surface area contributed by atoms with Crippen LogP contribution >= 0.6 is 0 Å². The van der Waals surface area contributed by atoms with E-state index in [2.05, 4.69) is 15.3 Å². The molecule has 0 aliphatic carbocycles. The number of pyridine rings is 1. The molecule has 0 aromatic carbocycles. The van der Waals surface area contributed by atoms with Gasteiger partial charge in [-0.15, -0.1) is 0 Å². The molecule has 2 saturated heterocycles. The summed E-state index contributed by atoms with van der Waals surface area (Å²) in [6.07, 6.45) is 4.12. The molecule has 7 nitrogen and oxygen atoms in total. The highest BCUT2D eigenvalue weighted by Gasteiger charge is 2.50. The van der Waals surface area contributed by atoms with Crippen LogP contribution in [0.2, 0.25) is 0 Å². The highest BCUT2D eigenvalue weighted by atomic mass is 16.7. The summed E-state index contributed by atoms with van der Waals surface area (Å²) in [5.41, 5.74) is 0.927. The van der Waals surface area contributed by atoms with E-state index >= 15 is 0 Å². The molecule has 23 heavy (non-hydrogen) atoms. The molecule has 2 N–H and O–H groups in total. The Morgan fingerprint density at radius 2 is 2.26 bits per heavy atom. The van der Waals surface area contributed by atoms with Crippen LogP contribution in [0.1, 0.15) is 17.6 Å². The van der Waals surface area contributed by atoms with Gasteiger partial charge < -0.3 is 24.5 Å². The van der Waals surface area contributed by atoms with Crippen LogP contribution in [0.4, 0.5) is 0 Å². The van der Waals surface area contributed by atoms with Crippen molar-refractivity contribution < 1.29 is 14.6 Å².